The number of hydrogen-bond acceptors (Lipinski definition) is 5. The molecule has 1 aromatic heterocycles. The number of carbonyl (C=O) groups excluding carboxylic acids is 1. The van der Waals surface area contributed by atoms with Crippen LogP contribution in [0.4, 0.5) is 0 Å². The Hall–Kier alpha value is -1.49. The van der Waals surface area contributed by atoms with Gasteiger partial charge in [-0.25, -0.2) is 4.98 Å². The lowest BCUT2D eigenvalue weighted by molar-refractivity contribution is -0.143. The van der Waals surface area contributed by atoms with Gasteiger partial charge in [-0.1, -0.05) is 19.1 Å². The van der Waals surface area contributed by atoms with Crippen LogP contribution in [0.1, 0.15) is 25.0 Å². The van der Waals surface area contributed by atoms with Crippen LogP contribution in [0.15, 0.2) is 28.7 Å². The molecule has 5 heteroatoms. The molecule has 0 N–H and O–H groups in total. The summed E-state index contributed by atoms with van der Waals surface area (Å²) in [6.45, 7) is 3.89. The van der Waals surface area contributed by atoms with Gasteiger partial charge in [0.15, 0.2) is 5.58 Å². The van der Waals surface area contributed by atoms with Gasteiger partial charge in [-0.15, -0.1) is 11.8 Å². The highest BCUT2D eigenvalue weighted by Gasteiger charge is 2.18. The third-order valence-electron chi connectivity index (χ3n) is 2.86. The molecule has 0 aliphatic heterocycles. The summed E-state index contributed by atoms with van der Waals surface area (Å²) in [7, 11) is 1.41. The summed E-state index contributed by atoms with van der Waals surface area (Å²) in [5.41, 5.74) is 1.66. The maximum Gasteiger partial charge on any atom is 0.309 e. The lowest BCUT2D eigenvalue weighted by Gasteiger charge is -2.11. The Balaban J connectivity index is 1.99. The van der Waals surface area contributed by atoms with E-state index < -0.39 is 0 Å². The van der Waals surface area contributed by atoms with Crippen LogP contribution in [0.2, 0.25) is 0 Å². The summed E-state index contributed by atoms with van der Waals surface area (Å²) in [4.78, 5) is 15.8. The molecule has 2 atom stereocenters. The number of nitrogens with zero attached hydrogens (tertiary/aromatic N) is 1. The molecule has 0 aliphatic rings. The summed E-state index contributed by atoms with van der Waals surface area (Å²) in [6.07, 6.45) is 0. The van der Waals surface area contributed by atoms with Crippen molar-refractivity contribution in [2.24, 2.45) is 5.92 Å². The van der Waals surface area contributed by atoms with Gasteiger partial charge in [0.05, 0.1) is 18.3 Å². The number of para-hydroxylation sites is 2. The second kappa shape index (κ2) is 6.10. The molecule has 2 aromatic rings. The quantitative estimate of drug-likeness (QED) is 0.785. The molecule has 0 aliphatic carbocycles. The van der Waals surface area contributed by atoms with E-state index in [1.165, 1.54) is 7.11 Å². The summed E-state index contributed by atoms with van der Waals surface area (Å²) in [6, 6.07) is 7.69. The largest absolute Gasteiger partial charge is 0.469 e. The molecule has 0 radical (unpaired) electrons. The fraction of sp³-hybridized carbons (Fsp3) is 0.429. The van der Waals surface area contributed by atoms with Crippen molar-refractivity contribution in [2.45, 2.75) is 19.1 Å². The van der Waals surface area contributed by atoms with Crippen molar-refractivity contribution >= 4 is 28.8 Å². The molecule has 0 bridgehead atoms. The van der Waals surface area contributed by atoms with Crippen molar-refractivity contribution in [3.8, 4) is 0 Å². The Bertz CT molecular complexity index is 534. The third-order valence-corrected chi connectivity index (χ3v) is 4.25. The highest BCUT2D eigenvalue weighted by atomic mass is 32.2. The van der Waals surface area contributed by atoms with Crippen LogP contribution in [0, 0.1) is 5.92 Å². The Morgan fingerprint density at radius 2 is 2.16 bits per heavy atom. The minimum absolute atomic E-state index is 0.111. The Labute approximate surface area is 116 Å². The molecule has 0 amide bonds. The summed E-state index contributed by atoms with van der Waals surface area (Å²) < 4.78 is 10.4. The Morgan fingerprint density at radius 1 is 1.42 bits per heavy atom. The number of methoxy groups -OCH3 is 1. The molecule has 19 heavy (non-hydrogen) atoms. The molecule has 0 fully saturated rings. The van der Waals surface area contributed by atoms with E-state index in [-0.39, 0.29) is 17.1 Å². The van der Waals surface area contributed by atoms with Gasteiger partial charge < -0.3 is 9.15 Å². The highest BCUT2D eigenvalue weighted by molar-refractivity contribution is 7.99. The van der Waals surface area contributed by atoms with Crippen molar-refractivity contribution in [1.29, 1.82) is 0 Å². The van der Waals surface area contributed by atoms with Gasteiger partial charge >= 0.3 is 5.97 Å². The number of fused-ring (bicyclic) bond motifs is 1. The van der Waals surface area contributed by atoms with Crippen LogP contribution in [0.25, 0.3) is 11.1 Å². The molecule has 1 aromatic carbocycles. The Kier molecular flexibility index (Phi) is 4.47. The fourth-order valence-electron chi connectivity index (χ4n) is 1.69. The number of esters is 1. The molecule has 0 saturated carbocycles. The molecule has 0 saturated heterocycles. The van der Waals surface area contributed by atoms with Gasteiger partial charge in [-0.2, -0.15) is 0 Å². The van der Waals surface area contributed by atoms with E-state index in [4.69, 9.17) is 9.15 Å². The molecule has 4 nitrogen and oxygen atoms in total. The molecule has 2 rings (SSSR count). The SMILES string of the molecule is COC(=O)C(C)CSC(C)c1nc2ccccc2o1. The number of benzene rings is 1. The first-order valence-corrected chi connectivity index (χ1v) is 7.21. The minimum Gasteiger partial charge on any atom is -0.469 e. The van der Waals surface area contributed by atoms with Crippen LogP contribution >= 0.6 is 11.8 Å². The molecule has 0 spiro atoms. The zero-order valence-corrected chi connectivity index (χ0v) is 12.1. The smallest absolute Gasteiger partial charge is 0.309 e. The normalized spacial score (nSPS) is 14.3. The molecular formula is C14H17NO3S. The monoisotopic (exact) mass is 279 g/mol. The van der Waals surface area contributed by atoms with E-state index >= 15 is 0 Å². The lowest BCUT2D eigenvalue weighted by atomic mass is 10.2. The second-order valence-corrected chi connectivity index (χ2v) is 5.79. The molecule has 102 valence electrons. The summed E-state index contributed by atoms with van der Waals surface area (Å²) in [5, 5.41) is 0.111. The fourth-order valence-corrected chi connectivity index (χ4v) is 2.65. The first-order chi connectivity index (χ1) is 9.11. The Morgan fingerprint density at radius 3 is 2.84 bits per heavy atom. The van der Waals surface area contributed by atoms with E-state index in [2.05, 4.69) is 4.98 Å². The van der Waals surface area contributed by atoms with E-state index in [1.54, 1.807) is 11.8 Å². The van der Waals surface area contributed by atoms with Crippen molar-refractivity contribution in [1.82, 2.24) is 4.98 Å². The first-order valence-electron chi connectivity index (χ1n) is 6.16. The van der Waals surface area contributed by atoms with Gasteiger partial charge in [-0.3, -0.25) is 4.79 Å². The third kappa shape index (κ3) is 3.29. The van der Waals surface area contributed by atoms with Crippen LogP contribution in [-0.2, 0) is 9.53 Å². The van der Waals surface area contributed by atoms with Crippen LogP contribution in [0.3, 0.4) is 0 Å². The van der Waals surface area contributed by atoms with Crippen molar-refractivity contribution in [3.63, 3.8) is 0 Å². The maximum atomic E-state index is 11.3. The number of aromatic nitrogens is 1. The number of hydrogen-bond donors (Lipinski definition) is 0. The number of rotatable bonds is 5. The van der Waals surface area contributed by atoms with Gasteiger partial charge in [0, 0.05) is 5.75 Å². The van der Waals surface area contributed by atoms with Gasteiger partial charge in [-0.05, 0) is 19.1 Å². The van der Waals surface area contributed by atoms with Crippen molar-refractivity contribution in [3.05, 3.63) is 30.2 Å². The average Bonchev–Trinajstić information content (AvgIpc) is 2.87. The van der Waals surface area contributed by atoms with E-state index in [1.807, 2.05) is 38.1 Å². The average molecular weight is 279 g/mol. The van der Waals surface area contributed by atoms with Crippen molar-refractivity contribution in [2.75, 3.05) is 12.9 Å². The predicted octanol–water partition coefficient (Wildman–Crippen LogP) is 3.43. The topological polar surface area (TPSA) is 52.3 Å². The molecule has 2 unspecified atom stereocenters. The number of thioether (sulfide) groups is 1. The van der Waals surface area contributed by atoms with Crippen LogP contribution in [0.5, 0.6) is 0 Å². The van der Waals surface area contributed by atoms with Crippen LogP contribution in [-0.4, -0.2) is 23.8 Å². The number of carbonyl (C=O) groups is 1. The van der Waals surface area contributed by atoms with E-state index in [0.717, 1.165) is 11.1 Å². The second-order valence-electron chi connectivity index (χ2n) is 4.42. The number of ether oxygens (including phenoxy) is 1. The zero-order valence-electron chi connectivity index (χ0n) is 11.3. The van der Waals surface area contributed by atoms with Crippen LogP contribution < -0.4 is 0 Å². The summed E-state index contributed by atoms with van der Waals surface area (Å²) in [5.74, 6) is 1.08. The first kappa shape index (κ1) is 13.9. The molecular weight excluding hydrogens is 262 g/mol. The minimum atomic E-state index is -0.183. The predicted molar refractivity (Wildman–Crippen MR) is 76.1 cm³/mol. The standard InChI is InChI=1S/C14H17NO3S/c1-9(14(16)17-3)8-19-10(2)13-15-11-6-4-5-7-12(11)18-13/h4-7,9-10H,8H2,1-3H3. The van der Waals surface area contributed by atoms with Gasteiger partial charge in [0.25, 0.3) is 0 Å². The molecule has 1 heterocycles. The van der Waals surface area contributed by atoms with Crippen molar-refractivity contribution < 1.29 is 13.9 Å². The van der Waals surface area contributed by atoms with Gasteiger partial charge in [0.1, 0.15) is 5.52 Å². The summed E-state index contributed by atoms with van der Waals surface area (Å²) >= 11 is 1.64. The lowest BCUT2D eigenvalue weighted by Crippen LogP contribution is -2.15. The van der Waals surface area contributed by atoms with Gasteiger partial charge in [0.2, 0.25) is 5.89 Å². The van der Waals surface area contributed by atoms with E-state index in [9.17, 15) is 4.79 Å². The highest BCUT2D eigenvalue weighted by Crippen LogP contribution is 2.31. The van der Waals surface area contributed by atoms with E-state index in [0.29, 0.717) is 11.6 Å². The zero-order chi connectivity index (χ0) is 13.8. The number of oxazole rings is 1. The maximum absolute atomic E-state index is 11.3.